The van der Waals surface area contributed by atoms with E-state index in [9.17, 15) is 4.79 Å². The van der Waals surface area contributed by atoms with E-state index in [0.717, 1.165) is 5.56 Å². The van der Waals surface area contributed by atoms with Crippen LogP contribution in [0.4, 0.5) is 0 Å². The summed E-state index contributed by atoms with van der Waals surface area (Å²) in [7, 11) is 0. The normalized spacial score (nSPS) is 15.1. The second-order valence-electron chi connectivity index (χ2n) is 3.94. The Morgan fingerprint density at radius 1 is 1.12 bits per heavy atom. The third-order valence-electron chi connectivity index (χ3n) is 2.59. The highest BCUT2D eigenvalue weighted by Crippen LogP contribution is 2.12. The molecule has 0 saturated carbocycles. The SMILES string of the molecule is Cc1ccc(C=CC(=O)C2C=CC=C2)cc1. The zero-order valence-corrected chi connectivity index (χ0v) is 9.26. The van der Waals surface area contributed by atoms with Crippen LogP contribution in [0.25, 0.3) is 6.08 Å². The Balaban J connectivity index is 2.03. The fourth-order valence-electron chi connectivity index (χ4n) is 1.59. The summed E-state index contributed by atoms with van der Waals surface area (Å²) in [5, 5.41) is 0. The van der Waals surface area contributed by atoms with Gasteiger partial charge in [0.1, 0.15) is 0 Å². The van der Waals surface area contributed by atoms with Crippen molar-refractivity contribution in [3.63, 3.8) is 0 Å². The summed E-state index contributed by atoms with van der Waals surface area (Å²) in [6.07, 6.45) is 11.1. The van der Waals surface area contributed by atoms with Gasteiger partial charge < -0.3 is 0 Å². The van der Waals surface area contributed by atoms with Crippen LogP contribution in [0.5, 0.6) is 0 Å². The predicted octanol–water partition coefficient (Wildman–Crippen LogP) is 3.32. The van der Waals surface area contributed by atoms with Crippen LogP contribution in [0.2, 0.25) is 0 Å². The van der Waals surface area contributed by atoms with Gasteiger partial charge >= 0.3 is 0 Å². The highest BCUT2D eigenvalue weighted by molar-refractivity contribution is 5.98. The van der Waals surface area contributed by atoms with Crippen molar-refractivity contribution in [1.29, 1.82) is 0 Å². The predicted molar refractivity (Wildman–Crippen MR) is 67.0 cm³/mol. The van der Waals surface area contributed by atoms with Crippen molar-refractivity contribution in [2.45, 2.75) is 6.92 Å². The van der Waals surface area contributed by atoms with E-state index in [4.69, 9.17) is 0 Å². The Morgan fingerprint density at radius 3 is 2.38 bits per heavy atom. The Bertz CT molecular complexity index is 449. The van der Waals surface area contributed by atoms with Gasteiger partial charge in [0.05, 0.1) is 5.92 Å². The maximum atomic E-state index is 11.7. The molecule has 0 unspecified atom stereocenters. The van der Waals surface area contributed by atoms with Crippen molar-refractivity contribution < 1.29 is 4.79 Å². The van der Waals surface area contributed by atoms with Gasteiger partial charge in [-0.05, 0) is 18.6 Å². The van der Waals surface area contributed by atoms with E-state index < -0.39 is 0 Å². The summed E-state index contributed by atoms with van der Waals surface area (Å²) < 4.78 is 0. The number of ketones is 1. The van der Waals surface area contributed by atoms with Gasteiger partial charge in [0.25, 0.3) is 0 Å². The Kier molecular flexibility index (Phi) is 3.16. The molecule has 0 saturated heterocycles. The molecule has 1 aromatic rings. The maximum Gasteiger partial charge on any atom is 0.166 e. The molecule has 80 valence electrons. The van der Waals surface area contributed by atoms with Crippen molar-refractivity contribution in [2.24, 2.45) is 5.92 Å². The minimum absolute atomic E-state index is 0.0679. The van der Waals surface area contributed by atoms with Crippen LogP contribution in [0.1, 0.15) is 11.1 Å². The van der Waals surface area contributed by atoms with Crippen LogP contribution in [0, 0.1) is 12.8 Å². The molecule has 1 aliphatic carbocycles. The van der Waals surface area contributed by atoms with Crippen molar-refractivity contribution >= 4 is 11.9 Å². The van der Waals surface area contributed by atoms with E-state index >= 15 is 0 Å². The van der Waals surface area contributed by atoms with Crippen molar-refractivity contribution in [3.8, 4) is 0 Å². The topological polar surface area (TPSA) is 17.1 Å². The first-order chi connectivity index (χ1) is 7.75. The fourth-order valence-corrected chi connectivity index (χ4v) is 1.59. The van der Waals surface area contributed by atoms with Gasteiger partial charge in [-0.15, -0.1) is 0 Å². The molecule has 0 amide bonds. The average molecular weight is 210 g/mol. The molecule has 0 bridgehead atoms. The highest BCUT2D eigenvalue weighted by atomic mass is 16.1. The minimum Gasteiger partial charge on any atom is -0.294 e. The van der Waals surface area contributed by atoms with Gasteiger partial charge in [-0.1, -0.05) is 60.2 Å². The number of hydrogen-bond acceptors (Lipinski definition) is 1. The van der Waals surface area contributed by atoms with Gasteiger partial charge in [-0.3, -0.25) is 4.79 Å². The van der Waals surface area contributed by atoms with Crippen LogP contribution in [0.15, 0.2) is 54.6 Å². The van der Waals surface area contributed by atoms with E-state index in [1.165, 1.54) is 5.56 Å². The first kappa shape index (κ1) is 10.6. The van der Waals surface area contributed by atoms with E-state index in [2.05, 4.69) is 0 Å². The number of aryl methyl sites for hydroxylation is 1. The Morgan fingerprint density at radius 2 is 1.75 bits per heavy atom. The summed E-state index contributed by atoms with van der Waals surface area (Å²) in [4.78, 5) is 11.7. The van der Waals surface area contributed by atoms with Crippen molar-refractivity contribution in [2.75, 3.05) is 0 Å². The van der Waals surface area contributed by atoms with Crippen LogP contribution in [0.3, 0.4) is 0 Å². The van der Waals surface area contributed by atoms with Gasteiger partial charge in [-0.2, -0.15) is 0 Å². The van der Waals surface area contributed by atoms with E-state index in [1.807, 2.05) is 61.6 Å². The molecule has 0 fully saturated rings. The monoisotopic (exact) mass is 210 g/mol. The first-order valence-electron chi connectivity index (χ1n) is 5.39. The molecule has 0 N–H and O–H groups in total. The molecule has 1 aromatic carbocycles. The summed E-state index contributed by atoms with van der Waals surface area (Å²) in [5.41, 5.74) is 2.29. The van der Waals surface area contributed by atoms with Gasteiger partial charge in [0.15, 0.2) is 5.78 Å². The second kappa shape index (κ2) is 4.75. The lowest BCUT2D eigenvalue weighted by Gasteiger charge is -1.98. The maximum absolute atomic E-state index is 11.7. The molecule has 1 heteroatoms. The third-order valence-corrected chi connectivity index (χ3v) is 2.59. The number of hydrogen-bond donors (Lipinski definition) is 0. The molecular weight excluding hydrogens is 196 g/mol. The largest absolute Gasteiger partial charge is 0.294 e. The quantitative estimate of drug-likeness (QED) is 0.699. The smallest absolute Gasteiger partial charge is 0.166 e. The lowest BCUT2D eigenvalue weighted by molar-refractivity contribution is -0.115. The lowest BCUT2D eigenvalue weighted by atomic mass is 10.0. The van der Waals surface area contributed by atoms with Gasteiger partial charge in [-0.25, -0.2) is 0 Å². The number of carbonyl (C=O) groups excluding carboxylic acids is 1. The molecule has 1 aliphatic rings. The van der Waals surface area contributed by atoms with Crippen LogP contribution < -0.4 is 0 Å². The number of allylic oxidation sites excluding steroid dienone is 5. The van der Waals surface area contributed by atoms with Gasteiger partial charge in [0, 0.05) is 0 Å². The van der Waals surface area contributed by atoms with E-state index in [1.54, 1.807) is 6.08 Å². The molecular formula is C15H14O. The molecule has 0 spiro atoms. The third kappa shape index (κ3) is 2.57. The molecule has 16 heavy (non-hydrogen) atoms. The molecule has 0 radical (unpaired) electrons. The van der Waals surface area contributed by atoms with Crippen molar-refractivity contribution in [3.05, 3.63) is 65.8 Å². The zero-order chi connectivity index (χ0) is 11.4. The number of rotatable bonds is 3. The van der Waals surface area contributed by atoms with Crippen LogP contribution >= 0.6 is 0 Å². The lowest BCUT2D eigenvalue weighted by Crippen LogP contribution is -2.03. The minimum atomic E-state index is -0.0679. The zero-order valence-electron chi connectivity index (χ0n) is 9.26. The number of benzene rings is 1. The fraction of sp³-hybridized carbons (Fsp3) is 0.133. The number of carbonyl (C=O) groups is 1. The summed E-state index contributed by atoms with van der Waals surface area (Å²) >= 11 is 0. The van der Waals surface area contributed by atoms with E-state index in [0.29, 0.717) is 0 Å². The molecule has 2 rings (SSSR count). The first-order valence-corrected chi connectivity index (χ1v) is 5.39. The van der Waals surface area contributed by atoms with Crippen molar-refractivity contribution in [1.82, 2.24) is 0 Å². The van der Waals surface area contributed by atoms with Crippen LogP contribution in [-0.4, -0.2) is 5.78 Å². The van der Waals surface area contributed by atoms with E-state index in [-0.39, 0.29) is 11.7 Å². The molecule has 0 heterocycles. The average Bonchev–Trinajstić information content (AvgIpc) is 2.81. The standard InChI is InChI=1S/C15H14O/c1-12-6-8-13(9-7-12)10-11-15(16)14-4-2-3-5-14/h2-11,14H,1H3. The molecule has 0 atom stereocenters. The Hall–Kier alpha value is -1.89. The highest BCUT2D eigenvalue weighted by Gasteiger charge is 2.10. The second-order valence-corrected chi connectivity index (χ2v) is 3.94. The molecule has 0 aliphatic heterocycles. The molecule has 0 aromatic heterocycles. The Labute approximate surface area is 95.8 Å². The van der Waals surface area contributed by atoms with Gasteiger partial charge in [0.2, 0.25) is 0 Å². The summed E-state index contributed by atoms with van der Waals surface area (Å²) in [5.74, 6) is 0.0623. The van der Waals surface area contributed by atoms with Crippen LogP contribution in [-0.2, 0) is 4.79 Å². The summed E-state index contributed by atoms with van der Waals surface area (Å²) in [6.45, 7) is 2.05. The molecule has 1 nitrogen and oxygen atoms in total. The summed E-state index contributed by atoms with van der Waals surface area (Å²) in [6, 6.07) is 8.11.